The third-order valence-electron chi connectivity index (χ3n) is 5.67. The van der Waals surface area contributed by atoms with Crippen molar-refractivity contribution >= 4 is 5.91 Å². The Kier molecular flexibility index (Phi) is 13.0. The van der Waals surface area contributed by atoms with Gasteiger partial charge in [-0.25, -0.2) is 0 Å². The number of amides is 1. The fourth-order valence-electron chi connectivity index (χ4n) is 3.85. The van der Waals surface area contributed by atoms with Crippen molar-refractivity contribution < 1.29 is 24.5 Å². The first-order valence-corrected chi connectivity index (χ1v) is 12.4. The average Bonchev–Trinajstić information content (AvgIpc) is 2.91. The van der Waals surface area contributed by atoms with Crippen LogP contribution in [0.5, 0.6) is 5.75 Å². The van der Waals surface area contributed by atoms with Crippen LogP contribution in [0.25, 0.3) is 6.15 Å². The minimum atomic E-state index is -0.253. The quantitative estimate of drug-likeness (QED) is 0.167. The zero-order chi connectivity index (χ0) is 25.6. The Labute approximate surface area is 219 Å². The lowest BCUT2D eigenvalue weighted by Gasteiger charge is -2.16. The van der Waals surface area contributed by atoms with Crippen LogP contribution in [-0.2, 0) is 16.1 Å². The summed E-state index contributed by atoms with van der Waals surface area (Å²) < 4.78 is 17.1. The normalized spacial score (nSPS) is 11.4. The molecule has 1 atom stereocenters. The Balaban J connectivity index is 0.00000481. The summed E-state index contributed by atoms with van der Waals surface area (Å²) in [7, 11) is 0. The number of ether oxygens (including phenoxy) is 3. The van der Waals surface area contributed by atoms with E-state index in [1.165, 1.54) is 0 Å². The standard InChI is InChI=1S/C29H35N3O4.H2N/c1-3-34-27(35-4-2)14-9-19-31-29(33)24-17-15-22(16-18-24)21-36-26-13-8-12-25(20-26)28(32-30)23-10-6-5-7-11-23;/h5-8,10-13,15-18,20,27-28,30H,3-4,9,14,19,21H2,1-2H3,(H,31,33);1H2/q;-1/p+1. The van der Waals surface area contributed by atoms with E-state index in [2.05, 4.69) is 10.4 Å². The highest BCUT2D eigenvalue weighted by Gasteiger charge is 2.16. The smallest absolute Gasteiger partial charge is 0.251 e. The molecule has 5 N–H and O–H groups in total. The van der Waals surface area contributed by atoms with Crippen LogP contribution in [0.1, 0.15) is 59.8 Å². The monoisotopic (exact) mass is 506 g/mol. The van der Waals surface area contributed by atoms with Crippen molar-refractivity contribution in [2.45, 2.75) is 45.6 Å². The lowest BCUT2D eigenvalue weighted by molar-refractivity contribution is -0.227. The van der Waals surface area contributed by atoms with Crippen LogP contribution in [0.2, 0.25) is 0 Å². The van der Waals surface area contributed by atoms with Gasteiger partial charge in [-0.3, -0.25) is 4.79 Å². The van der Waals surface area contributed by atoms with E-state index in [0.29, 0.717) is 31.9 Å². The molecule has 37 heavy (non-hydrogen) atoms. The lowest BCUT2D eigenvalue weighted by Crippen LogP contribution is -2.26. The van der Waals surface area contributed by atoms with Crippen molar-refractivity contribution in [3.8, 4) is 5.75 Å². The maximum absolute atomic E-state index is 12.5. The second kappa shape index (κ2) is 16.2. The third-order valence-corrected chi connectivity index (χ3v) is 5.67. The molecule has 0 aliphatic rings. The van der Waals surface area contributed by atoms with Crippen LogP contribution in [0.15, 0.2) is 84.0 Å². The van der Waals surface area contributed by atoms with E-state index in [1.807, 2.05) is 92.7 Å². The Morgan fingerprint density at radius 1 is 0.919 bits per heavy atom. The molecule has 0 aliphatic carbocycles. The highest BCUT2D eigenvalue weighted by Crippen LogP contribution is 2.28. The van der Waals surface area contributed by atoms with E-state index < -0.39 is 0 Å². The summed E-state index contributed by atoms with van der Waals surface area (Å²) in [6, 6.07) is 24.9. The van der Waals surface area contributed by atoms with Crippen molar-refractivity contribution in [2.75, 3.05) is 19.8 Å². The van der Waals surface area contributed by atoms with Gasteiger partial charge in [0, 0.05) is 31.7 Å². The largest absolute Gasteiger partial charge is 0.693 e. The van der Waals surface area contributed by atoms with Gasteiger partial charge in [-0.2, -0.15) is 5.53 Å². The van der Waals surface area contributed by atoms with Crippen molar-refractivity contribution in [1.29, 1.82) is 0 Å². The van der Waals surface area contributed by atoms with Gasteiger partial charge in [-0.1, -0.05) is 54.6 Å². The molecule has 1 unspecified atom stereocenters. The number of nitrogens with one attached hydrogen (secondary N) is 1. The van der Waals surface area contributed by atoms with E-state index in [-0.39, 0.29) is 24.4 Å². The fourth-order valence-corrected chi connectivity index (χ4v) is 3.85. The zero-order valence-corrected chi connectivity index (χ0v) is 21.6. The Morgan fingerprint density at radius 3 is 2.24 bits per heavy atom. The molecule has 0 aromatic heterocycles. The van der Waals surface area contributed by atoms with Gasteiger partial charge in [0.1, 0.15) is 12.4 Å². The molecule has 0 fully saturated rings. The number of hydrogen-bond donors (Lipinski definition) is 2. The molecule has 0 aliphatic heterocycles. The number of benzene rings is 3. The van der Waals surface area contributed by atoms with Crippen LogP contribution >= 0.6 is 0 Å². The molecule has 0 heterocycles. The van der Waals surface area contributed by atoms with Gasteiger partial charge in [0.25, 0.3) is 5.91 Å². The number of carbonyl (C=O) groups is 1. The van der Waals surface area contributed by atoms with Crippen LogP contribution < -0.4 is 15.6 Å². The van der Waals surface area contributed by atoms with Crippen molar-refractivity contribution in [1.82, 2.24) is 5.32 Å². The fraction of sp³-hybridized carbons (Fsp3) is 0.345. The predicted molar refractivity (Wildman–Crippen MR) is 144 cm³/mol. The van der Waals surface area contributed by atoms with Crippen LogP contribution in [0.3, 0.4) is 0 Å². The topological polar surface area (TPSA) is 128 Å². The first-order valence-electron chi connectivity index (χ1n) is 12.4. The summed E-state index contributed by atoms with van der Waals surface area (Å²) in [6.45, 7) is 6.05. The maximum atomic E-state index is 12.5. The third kappa shape index (κ3) is 9.42. The van der Waals surface area contributed by atoms with Gasteiger partial charge in [0.2, 0.25) is 0 Å². The van der Waals surface area contributed by atoms with E-state index in [1.54, 1.807) is 0 Å². The molecular weight excluding hydrogens is 468 g/mol. The lowest BCUT2D eigenvalue weighted by atomic mass is 9.99. The number of nitrogens with two attached hydrogens (primary N) is 2. The molecule has 0 radical (unpaired) electrons. The van der Waals surface area contributed by atoms with Crippen molar-refractivity contribution in [3.05, 3.63) is 107 Å². The first kappa shape index (κ1) is 29.6. The molecule has 0 bridgehead atoms. The molecule has 1 amide bonds. The van der Waals surface area contributed by atoms with E-state index in [9.17, 15) is 4.79 Å². The van der Waals surface area contributed by atoms with Crippen molar-refractivity contribution in [3.63, 3.8) is 0 Å². The summed E-state index contributed by atoms with van der Waals surface area (Å²) in [5.41, 5.74) is 9.27. The molecule has 198 valence electrons. The number of rotatable bonds is 15. The molecular formula is C29H38N4O4. The van der Waals surface area contributed by atoms with E-state index >= 15 is 0 Å². The predicted octanol–water partition coefficient (Wildman–Crippen LogP) is 5.19. The van der Waals surface area contributed by atoms with Crippen LogP contribution in [0.4, 0.5) is 0 Å². The second-order valence-electron chi connectivity index (χ2n) is 8.26. The molecule has 3 aromatic carbocycles. The number of hydrogen-bond acceptors (Lipinski definition) is 5. The van der Waals surface area contributed by atoms with Gasteiger partial charge < -0.3 is 25.7 Å². The van der Waals surface area contributed by atoms with Gasteiger partial charge in [0.15, 0.2) is 12.3 Å². The van der Waals surface area contributed by atoms with Gasteiger partial charge >= 0.3 is 0 Å². The summed E-state index contributed by atoms with van der Waals surface area (Å²) in [4.78, 5) is 12.5. The van der Waals surface area contributed by atoms with Gasteiger partial charge in [0.05, 0.1) is 0 Å². The second-order valence-corrected chi connectivity index (χ2v) is 8.26. The van der Waals surface area contributed by atoms with Gasteiger partial charge in [-0.15, -0.1) is 0 Å². The number of nitrogens with zero attached hydrogens (tertiary/aromatic N) is 1. The molecule has 3 aromatic rings. The van der Waals surface area contributed by atoms with Gasteiger partial charge in [-0.05, 0) is 66.3 Å². The molecule has 0 saturated carbocycles. The summed E-state index contributed by atoms with van der Waals surface area (Å²) in [5, 5.41) is 7.01. The Bertz CT molecular complexity index is 1070. The Hall–Kier alpha value is -3.59. The summed E-state index contributed by atoms with van der Waals surface area (Å²) in [5.74, 6) is 0.633. The number of carbonyl (C=O) groups excluding carboxylic acids is 1. The first-order chi connectivity index (χ1) is 17.6. The summed E-state index contributed by atoms with van der Waals surface area (Å²) in [6.07, 6.45) is 1.31. The highest BCUT2D eigenvalue weighted by atomic mass is 16.7. The van der Waals surface area contributed by atoms with Crippen molar-refractivity contribution in [2.24, 2.45) is 5.11 Å². The molecule has 0 spiro atoms. The molecule has 0 saturated heterocycles. The van der Waals surface area contributed by atoms with E-state index in [0.717, 1.165) is 35.3 Å². The minimum absolute atomic E-state index is 0. The maximum Gasteiger partial charge on any atom is 0.251 e. The average molecular weight is 507 g/mol. The molecule has 8 heteroatoms. The Morgan fingerprint density at radius 2 is 1.59 bits per heavy atom. The van der Waals surface area contributed by atoms with Crippen LogP contribution in [-0.4, -0.2) is 32.0 Å². The SMILES string of the molecule is CCOC(CCCNC(=O)c1ccc(COc2cccc(C(N=[NH2+])c3ccccc3)c2)cc1)OCC.[NH2-]. The zero-order valence-electron chi connectivity index (χ0n) is 21.6. The highest BCUT2D eigenvalue weighted by molar-refractivity contribution is 5.94. The van der Waals surface area contributed by atoms with E-state index in [4.69, 9.17) is 19.7 Å². The van der Waals surface area contributed by atoms with Crippen LogP contribution in [0, 0.1) is 0 Å². The minimum Gasteiger partial charge on any atom is -0.693 e. The summed E-state index contributed by atoms with van der Waals surface area (Å²) >= 11 is 0. The molecule has 8 nitrogen and oxygen atoms in total. The molecule has 3 rings (SSSR count).